The molecular formula is C48H37NO2. The van der Waals surface area contributed by atoms with Crippen molar-refractivity contribution in [3.63, 3.8) is 0 Å². The molecule has 0 amide bonds. The van der Waals surface area contributed by atoms with Gasteiger partial charge in [-0.25, -0.2) is 4.57 Å². The molecule has 0 radical (unpaired) electrons. The molecule has 10 aromatic rings. The Labute approximate surface area is 295 Å². The highest BCUT2D eigenvalue weighted by Gasteiger charge is 2.33. The van der Waals surface area contributed by atoms with Gasteiger partial charge in [-0.2, -0.15) is 0 Å². The van der Waals surface area contributed by atoms with Crippen LogP contribution in [0, 0.1) is 0 Å². The fraction of sp³-hybridized carbons (Fsp3) is 0.167. The van der Waals surface area contributed by atoms with E-state index in [0.29, 0.717) is 16.5 Å². The first kappa shape index (κ1) is 30.1. The van der Waals surface area contributed by atoms with Crippen LogP contribution in [-0.2, 0) is 10.8 Å². The van der Waals surface area contributed by atoms with Gasteiger partial charge >= 0.3 is 0 Å². The fourth-order valence-corrected chi connectivity index (χ4v) is 9.12. The average molecular weight is 660 g/mol. The number of benzene rings is 8. The zero-order valence-electron chi connectivity index (χ0n) is 29.7. The molecule has 0 aliphatic rings. The number of hydrogen-bond donors (Lipinski definition) is 0. The summed E-state index contributed by atoms with van der Waals surface area (Å²) < 4.78 is 1.49. The summed E-state index contributed by atoms with van der Waals surface area (Å²) in [5.74, 6) is 0. The minimum absolute atomic E-state index is 0.200. The molecule has 3 heteroatoms. The van der Waals surface area contributed by atoms with Crippen molar-refractivity contribution in [2.45, 2.75) is 52.4 Å². The lowest BCUT2D eigenvalue weighted by atomic mass is 9.80. The Morgan fingerprint density at radius 3 is 1.24 bits per heavy atom. The van der Waals surface area contributed by atoms with E-state index < -0.39 is 0 Å². The van der Waals surface area contributed by atoms with E-state index in [-0.39, 0.29) is 21.9 Å². The van der Waals surface area contributed by atoms with Crippen LogP contribution in [0.3, 0.4) is 0 Å². The molecule has 0 spiro atoms. The third-order valence-corrected chi connectivity index (χ3v) is 11.3. The smallest absolute Gasteiger partial charge is 0.266 e. The molecule has 51 heavy (non-hydrogen) atoms. The van der Waals surface area contributed by atoms with Crippen molar-refractivity contribution in [2.75, 3.05) is 0 Å². The van der Waals surface area contributed by atoms with E-state index in [1.165, 1.54) is 48.0 Å². The highest BCUT2D eigenvalue weighted by atomic mass is 16.2. The molecule has 3 nitrogen and oxygen atoms in total. The van der Waals surface area contributed by atoms with E-state index in [9.17, 15) is 0 Å². The zero-order valence-corrected chi connectivity index (χ0v) is 29.7. The number of aromatic nitrogens is 1. The summed E-state index contributed by atoms with van der Waals surface area (Å²) in [7, 11) is 0. The van der Waals surface area contributed by atoms with Gasteiger partial charge in [0.25, 0.3) is 11.1 Å². The van der Waals surface area contributed by atoms with Crippen LogP contribution in [-0.4, -0.2) is 4.57 Å². The molecule has 0 saturated carbocycles. The van der Waals surface area contributed by atoms with Crippen LogP contribution in [0.15, 0.2) is 125 Å². The van der Waals surface area contributed by atoms with E-state index >= 15 is 9.59 Å². The topological polar surface area (TPSA) is 39.1 Å². The second-order valence-corrected chi connectivity index (χ2v) is 16.4. The van der Waals surface area contributed by atoms with Crippen molar-refractivity contribution in [3.05, 3.63) is 147 Å². The van der Waals surface area contributed by atoms with E-state index in [2.05, 4.69) is 77.9 Å². The van der Waals surface area contributed by atoms with Gasteiger partial charge in [0.1, 0.15) is 0 Å². The molecule has 246 valence electrons. The monoisotopic (exact) mass is 659 g/mol. The molecule has 0 bridgehead atoms. The SMILES string of the molecule is CC(C)(C)c1cc2c3c(=O)n(-c4c(-c5ccccc5)cccc4-c4ccccc4)c(=O)c3c3cc(C(C)(C)C)c4ccc5ccc1c1c5c4c3c21. The summed E-state index contributed by atoms with van der Waals surface area (Å²) in [5, 5.41) is 12.3. The maximum Gasteiger partial charge on any atom is 0.266 e. The number of rotatable bonds is 3. The summed E-state index contributed by atoms with van der Waals surface area (Å²) in [4.78, 5) is 30.9. The molecule has 0 unspecified atom stereocenters. The van der Waals surface area contributed by atoms with Crippen molar-refractivity contribution in [2.24, 2.45) is 0 Å². The normalized spacial score (nSPS) is 13.1. The van der Waals surface area contributed by atoms with Crippen LogP contribution in [0.1, 0.15) is 52.7 Å². The lowest BCUT2D eigenvalue weighted by molar-refractivity contribution is 0.596. The Balaban J connectivity index is 1.49. The lowest BCUT2D eigenvalue weighted by Crippen LogP contribution is -2.25. The minimum Gasteiger partial charge on any atom is -0.268 e. The van der Waals surface area contributed by atoms with E-state index in [0.717, 1.165) is 43.8 Å². The molecule has 0 fully saturated rings. The summed E-state index contributed by atoms with van der Waals surface area (Å²) >= 11 is 0. The molecule has 9 aromatic carbocycles. The second kappa shape index (κ2) is 9.92. The largest absolute Gasteiger partial charge is 0.268 e. The van der Waals surface area contributed by atoms with Crippen LogP contribution in [0.5, 0.6) is 0 Å². The van der Waals surface area contributed by atoms with Gasteiger partial charge in [0, 0.05) is 11.1 Å². The second-order valence-electron chi connectivity index (χ2n) is 16.4. The first-order valence-corrected chi connectivity index (χ1v) is 17.9. The van der Waals surface area contributed by atoms with Gasteiger partial charge in [0.2, 0.25) is 0 Å². The predicted octanol–water partition coefficient (Wildman–Crippen LogP) is 11.8. The lowest BCUT2D eigenvalue weighted by Gasteiger charge is -2.23. The van der Waals surface area contributed by atoms with E-state index in [1.807, 2.05) is 78.9 Å². The van der Waals surface area contributed by atoms with Crippen LogP contribution < -0.4 is 11.1 Å². The molecule has 1 heterocycles. The van der Waals surface area contributed by atoms with Crippen molar-refractivity contribution < 1.29 is 0 Å². The number of hydrogen-bond acceptors (Lipinski definition) is 2. The van der Waals surface area contributed by atoms with Gasteiger partial charge in [-0.1, -0.05) is 145 Å². The Kier molecular flexibility index (Phi) is 5.85. The van der Waals surface area contributed by atoms with Gasteiger partial charge in [-0.05, 0) is 99.1 Å². The van der Waals surface area contributed by atoms with Crippen LogP contribution in [0.4, 0.5) is 0 Å². The molecule has 0 saturated heterocycles. The van der Waals surface area contributed by atoms with Crippen molar-refractivity contribution >= 4 is 64.6 Å². The quantitative estimate of drug-likeness (QED) is 0.177. The molecular weight excluding hydrogens is 623 g/mol. The molecule has 0 aliphatic carbocycles. The summed E-state index contributed by atoms with van der Waals surface area (Å²) in [6.07, 6.45) is 0. The zero-order chi connectivity index (χ0) is 35.1. The van der Waals surface area contributed by atoms with Gasteiger partial charge in [-0.15, -0.1) is 0 Å². The molecule has 10 rings (SSSR count). The number of nitrogens with zero attached hydrogens (tertiary/aromatic N) is 1. The summed E-state index contributed by atoms with van der Waals surface area (Å²) in [5.41, 5.74) is 5.65. The fourth-order valence-electron chi connectivity index (χ4n) is 9.12. The van der Waals surface area contributed by atoms with Gasteiger partial charge < -0.3 is 0 Å². The molecule has 1 aromatic heterocycles. The summed E-state index contributed by atoms with van der Waals surface area (Å²) in [6.45, 7) is 13.4. The maximum absolute atomic E-state index is 15.5. The number of fused-ring (bicyclic) bond motifs is 3. The first-order valence-electron chi connectivity index (χ1n) is 17.9. The van der Waals surface area contributed by atoms with Crippen LogP contribution >= 0.6 is 0 Å². The van der Waals surface area contributed by atoms with Crippen molar-refractivity contribution in [3.8, 4) is 27.9 Å². The standard InChI is InChI=1S/C48H37NO2/c1-47(2,3)35-24-33-40-38-31(35)22-20-28-21-23-32-36(48(4,5)6)25-34(41(40)39(32)37(28)38)43-42(33)45(50)49(46(43)51)44-29(26-14-9-7-10-15-26)18-13-19-30(44)27-16-11-8-12-17-27/h7-25H,1-6H3. The molecule has 0 N–H and O–H groups in total. The predicted molar refractivity (Wildman–Crippen MR) is 216 cm³/mol. The van der Waals surface area contributed by atoms with Gasteiger partial charge in [0.15, 0.2) is 0 Å². The van der Waals surface area contributed by atoms with Crippen LogP contribution in [0.2, 0.25) is 0 Å². The van der Waals surface area contributed by atoms with Gasteiger partial charge in [-0.3, -0.25) is 9.59 Å². The Bertz CT molecular complexity index is 2900. The van der Waals surface area contributed by atoms with E-state index in [4.69, 9.17) is 0 Å². The molecule has 0 atom stereocenters. The maximum atomic E-state index is 15.5. The summed E-state index contributed by atoms with van der Waals surface area (Å²) in [6, 6.07) is 39.7. The Morgan fingerprint density at radius 1 is 0.412 bits per heavy atom. The van der Waals surface area contributed by atoms with E-state index in [1.54, 1.807) is 0 Å². The van der Waals surface area contributed by atoms with Crippen molar-refractivity contribution in [1.29, 1.82) is 0 Å². The molecule has 0 aliphatic heterocycles. The third-order valence-electron chi connectivity index (χ3n) is 11.3. The first-order chi connectivity index (χ1) is 24.4. The Hall–Kier alpha value is -5.80. The highest BCUT2D eigenvalue weighted by Crippen LogP contribution is 2.53. The van der Waals surface area contributed by atoms with Gasteiger partial charge in [0.05, 0.1) is 16.5 Å². The Morgan fingerprint density at radius 2 is 0.824 bits per heavy atom. The number of para-hydroxylation sites is 1. The van der Waals surface area contributed by atoms with Crippen molar-refractivity contribution in [1.82, 2.24) is 4.57 Å². The van der Waals surface area contributed by atoms with Crippen LogP contribution in [0.25, 0.3) is 92.6 Å². The minimum atomic E-state index is -0.266. The highest BCUT2D eigenvalue weighted by molar-refractivity contribution is 6.48. The average Bonchev–Trinajstić information content (AvgIpc) is 3.61. The third kappa shape index (κ3) is 3.89.